The second kappa shape index (κ2) is 3.96. The summed E-state index contributed by atoms with van der Waals surface area (Å²) in [6, 6.07) is 7.18. The van der Waals surface area contributed by atoms with Crippen LogP contribution in [0.5, 0.6) is 0 Å². The number of aryl methyl sites for hydroxylation is 1. The van der Waals surface area contributed by atoms with Crippen LogP contribution in [0.4, 0.5) is 0 Å². The highest BCUT2D eigenvalue weighted by Crippen LogP contribution is 2.13. The van der Waals surface area contributed by atoms with Gasteiger partial charge in [0, 0.05) is 6.20 Å². The van der Waals surface area contributed by atoms with Crippen LogP contribution in [0.3, 0.4) is 0 Å². The Bertz CT molecular complexity index is 482. The minimum atomic E-state index is 0.378. The molecule has 0 aliphatic heterocycles. The van der Waals surface area contributed by atoms with Crippen molar-refractivity contribution in [1.82, 2.24) is 15.0 Å². The van der Waals surface area contributed by atoms with Gasteiger partial charge in [-0.3, -0.25) is 9.78 Å². The van der Waals surface area contributed by atoms with E-state index in [0.29, 0.717) is 23.5 Å². The lowest BCUT2D eigenvalue weighted by atomic mass is 10.2. The number of carbonyl (C=O) groups excluding carboxylic acids is 1. The van der Waals surface area contributed by atoms with Gasteiger partial charge >= 0.3 is 0 Å². The van der Waals surface area contributed by atoms with Crippen molar-refractivity contribution < 1.29 is 4.79 Å². The molecule has 0 N–H and O–H groups in total. The molecule has 2 aromatic rings. The van der Waals surface area contributed by atoms with Gasteiger partial charge in [0.25, 0.3) is 0 Å². The fourth-order valence-corrected chi connectivity index (χ4v) is 1.30. The number of hydrogen-bond donors (Lipinski definition) is 0. The fraction of sp³-hybridized carbons (Fsp3) is 0.0909. The van der Waals surface area contributed by atoms with Gasteiger partial charge in [-0.2, -0.15) is 0 Å². The Kier molecular flexibility index (Phi) is 2.49. The van der Waals surface area contributed by atoms with E-state index in [1.165, 1.54) is 0 Å². The first-order valence-electron chi connectivity index (χ1n) is 4.52. The van der Waals surface area contributed by atoms with Crippen molar-refractivity contribution in [3.63, 3.8) is 0 Å². The summed E-state index contributed by atoms with van der Waals surface area (Å²) >= 11 is 0. The Morgan fingerprint density at radius 1 is 1.20 bits per heavy atom. The highest BCUT2D eigenvalue weighted by atomic mass is 16.1. The van der Waals surface area contributed by atoms with Crippen molar-refractivity contribution in [3.8, 4) is 11.4 Å². The maximum absolute atomic E-state index is 10.6. The van der Waals surface area contributed by atoms with Crippen LogP contribution >= 0.6 is 0 Å². The summed E-state index contributed by atoms with van der Waals surface area (Å²) in [4.78, 5) is 23.0. The highest BCUT2D eigenvalue weighted by Gasteiger charge is 2.03. The average molecular weight is 199 g/mol. The van der Waals surface area contributed by atoms with Gasteiger partial charge in [-0.25, -0.2) is 9.97 Å². The summed E-state index contributed by atoms with van der Waals surface area (Å²) in [5.41, 5.74) is 1.79. The first-order valence-corrected chi connectivity index (χ1v) is 4.52. The van der Waals surface area contributed by atoms with E-state index in [4.69, 9.17) is 0 Å². The van der Waals surface area contributed by atoms with Crippen LogP contribution in [-0.2, 0) is 0 Å². The summed E-state index contributed by atoms with van der Waals surface area (Å²) in [5.74, 6) is 0.570. The molecule has 2 heterocycles. The molecule has 4 heteroatoms. The third-order valence-corrected chi connectivity index (χ3v) is 1.91. The summed E-state index contributed by atoms with van der Waals surface area (Å²) in [6.45, 7) is 1.75. The molecule has 74 valence electrons. The van der Waals surface area contributed by atoms with Gasteiger partial charge in [-0.05, 0) is 25.1 Å². The number of aldehydes is 1. The first kappa shape index (κ1) is 9.45. The molecule has 0 atom stereocenters. The van der Waals surface area contributed by atoms with E-state index < -0.39 is 0 Å². The quantitative estimate of drug-likeness (QED) is 0.690. The van der Waals surface area contributed by atoms with Gasteiger partial charge in [-0.15, -0.1) is 0 Å². The van der Waals surface area contributed by atoms with E-state index in [0.717, 1.165) is 5.69 Å². The van der Waals surface area contributed by atoms with E-state index in [1.54, 1.807) is 19.2 Å². The van der Waals surface area contributed by atoms with Crippen molar-refractivity contribution in [2.75, 3.05) is 0 Å². The Balaban J connectivity index is 2.53. The second-order valence-corrected chi connectivity index (χ2v) is 3.06. The van der Waals surface area contributed by atoms with Gasteiger partial charge in [0.15, 0.2) is 6.29 Å². The zero-order valence-corrected chi connectivity index (χ0v) is 8.21. The minimum absolute atomic E-state index is 0.378. The van der Waals surface area contributed by atoms with Crippen LogP contribution in [-0.4, -0.2) is 21.2 Å². The predicted molar refractivity (Wildman–Crippen MR) is 55.4 cm³/mol. The maximum Gasteiger partial charge on any atom is 0.168 e. The van der Waals surface area contributed by atoms with Gasteiger partial charge < -0.3 is 0 Å². The number of rotatable bonds is 2. The molecule has 0 aromatic carbocycles. The third-order valence-electron chi connectivity index (χ3n) is 1.91. The Morgan fingerprint density at radius 3 is 2.73 bits per heavy atom. The van der Waals surface area contributed by atoms with Gasteiger partial charge in [0.2, 0.25) is 0 Å². The first-order chi connectivity index (χ1) is 7.29. The van der Waals surface area contributed by atoms with Crippen molar-refractivity contribution in [2.24, 2.45) is 0 Å². The molecule has 0 saturated carbocycles. The number of pyridine rings is 1. The standard InChI is InChI=1S/C11H9N3O/c1-8-13-9(7-15)6-11(14-8)10-4-2-3-5-12-10/h2-7H,1H3. The second-order valence-electron chi connectivity index (χ2n) is 3.06. The molecule has 0 aliphatic carbocycles. The molecular weight excluding hydrogens is 190 g/mol. The Morgan fingerprint density at radius 2 is 2.07 bits per heavy atom. The summed E-state index contributed by atoms with van der Waals surface area (Å²) in [5, 5.41) is 0. The largest absolute Gasteiger partial charge is 0.296 e. The lowest BCUT2D eigenvalue weighted by molar-refractivity contribution is 0.111. The molecule has 0 spiro atoms. The third kappa shape index (κ3) is 2.04. The van der Waals surface area contributed by atoms with Crippen molar-refractivity contribution >= 4 is 6.29 Å². The van der Waals surface area contributed by atoms with E-state index in [1.807, 2.05) is 18.2 Å². The van der Waals surface area contributed by atoms with E-state index in [2.05, 4.69) is 15.0 Å². The molecule has 0 bridgehead atoms. The molecule has 0 fully saturated rings. The Labute approximate surface area is 87.0 Å². The lowest BCUT2D eigenvalue weighted by Gasteiger charge is -2.01. The molecule has 4 nitrogen and oxygen atoms in total. The van der Waals surface area contributed by atoms with Crippen LogP contribution in [0.1, 0.15) is 16.3 Å². The van der Waals surface area contributed by atoms with Crippen molar-refractivity contribution in [2.45, 2.75) is 6.92 Å². The minimum Gasteiger partial charge on any atom is -0.296 e. The molecular formula is C11H9N3O. The lowest BCUT2D eigenvalue weighted by Crippen LogP contribution is -1.97. The monoisotopic (exact) mass is 199 g/mol. The number of aromatic nitrogens is 3. The summed E-state index contributed by atoms with van der Waals surface area (Å²) < 4.78 is 0. The zero-order valence-electron chi connectivity index (χ0n) is 8.21. The maximum atomic E-state index is 10.6. The van der Waals surface area contributed by atoms with E-state index in [9.17, 15) is 4.79 Å². The molecule has 0 unspecified atom stereocenters. The molecule has 0 saturated heterocycles. The highest BCUT2D eigenvalue weighted by molar-refractivity contribution is 5.74. The topological polar surface area (TPSA) is 55.7 Å². The molecule has 2 rings (SSSR count). The molecule has 15 heavy (non-hydrogen) atoms. The molecule has 0 amide bonds. The molecule has 0 radical (unpaired) electrons. The summed E-state index contributed by atoms with van der Waals surface area (Å²) in [7, 11) is 0. The normalized spacial score (nSPS) is 9.93. The fourth-order valence-electron chi connectivity index (χ4n) is 1.30. The van der Waals surface area contributed by atoms with E-state index in [-0.39, 0.29) is 0 Å². The number of hydrogen-bond acceptors (Lipinski definition) is 4. The Hall–Kier alpha value is -2.10. The van der Waals surface area contributed by atoms with Crippen molar-refractivity contribution in [1.29, 1.82) is 0 Å². The van der Waals surface area contributed by atoms with Crippen LogP contribution in [0.25, 0.3) is 11.4 Å². The van der Waals surface area contributed by atoms with Crippen LogP contribution in [0, 0.1) is 6.92 Å². The van der Waals surface area contributed by atoms with Gasteiger partial charge in [0.05, 0.1) is 11.4 Å². The van der Waals surface area contributed by atoms with E-state index >= 15 is 0 Å². The molecule has 0 aliphatic rings. The summed E-state index contributed by atoms with van der Waals surface area (Å²) in [6.07, 6.45) is 2.40. The predicted octanol–water partition coefficient (Wildman–Crippen LogP) is 1.66. The average Bonchev–Trinajstić information content (AvgIpc) is 2.29. The van der Waals surface area contributed by atoms with Gasteiger partial charge in [-0.1, -0.05) is 6.07 Å². The van der Waals surface area contributed by atoms with Gasteiger partial charge in [0.1, 0.15) is 11.5 Å². The van der Waals surface area contributed by atoms with Crippen molar-refractivity contribution in [3.05, 3.63) is 42.0 Å². The number of carbonyl (C=O) groups is 1. The number of nitrogens with zero attached hydrogens (tertiary/aromatic N) is 3. The smallest absolute Gasteiger partial charge is 0.168 e. The molecule has 2 aromatic heterocycles. The zero-order chi connectivity index (χ0) is 10.7. The van der Waals surface area contributed by atoms with Crippen LogP contribution in [0.15, 0.2) is 30.5 Å². The van der Waals surface area contributed by atoms with Crippen LogP contribution in [0.2, 0.25) is 0 Å². The van der Waals surface area contributed by atoms with Crippen LogP contribution < -0.4 is 0 Å². The SMILES string of the molecule is Cc1nc(C=O)cc(-c2ccccn2)n1.